The number of benzene rings is 2. The summed E-state index contributed by atoms with van der Waals surface area (Å²) in [7, 11) is -3.72. The predicted molar refractivity (Wildman–Crippen MR) is 113 cm³/mol. The molecule has 0 radical (unpaired) electrons. The Morgan fingerprint density at radius 3 is 2.15 bits per heavy atom. The van der Waals surface area contributed by atoms with E-state index in [1.807, 2.05) is 0 Å². The van der Waals surface area contributed by atoms with Crippen molar-refractivity contribution in [2.24, 2.45) is 0 Å². The van der Waals surface area contributed by atoms with Gasteiger partial charge in [-0.3, -0.25) is 0 Å². The smallest absolute Gasteiger partial charge is 0.244 e. The number of halogens is 3. The molecular formula is C17H18Cl2FN3O2S2. The molecule has 0 atom stereocenters. The topological polar surface area (TPSA) is 61.4 Å². The van der Waals surface area contributed by atoms with Crippen molar-refractivity contribution in [3.8, 4) is 0 Å². The van der Waals surface area contributed by atoms with Gasteiger partial charge in [-0.2, -0.15) is 4.31 Å². The Labute approximate surface area is 173 Å². The van der Waals surface area contributed by atoms with Crippen molar-refractivity contribution in [3.05, 3.63) is 52.3 Å². The van der Waals surface area contributed by atoms with Crippen molar-refractivity contribution in [2.75, 3.05) is 23.7 Å². The quantitative estimate of drug-likeness (QED) is 0.609. The van der Waals surface area contributed by atoms with E-state index in [-0.39, 0.29) is 20.1 Å². The highest BCUT2D eigenvalue weighted by molar-refractivity contribution is 7.89. The average Bonchev–Trinajstić information content (AvgIpc) is 2.60. The Morgan fingerprint density at radius 1 is 1.04 bits per heavy atom. The minimum absolute atomic E-state index is 0.00880. The normalized spacial score (nSPS) is 11.5. The van der Waals surface area contributed by atoms with E-state index in [1.165, 1.54) is 34.6 Å². The average molecular weight is 450 g/mol. The van der Waals surface area contributed by atoms with Gasteiger partial charge in [0.1, 0.15) is 10.7 Å². The molecule has 0 aliphatic carbocycles. The summed E-state index contributed by atoms with van der Waals surface area (Å²) >= 11 is 17.1. The third-order valence-corrected chi connectivity index (χ3v) is 6.72. The van der Waals surface area contributed by atoms with Gasteiger partial charge < -0.3 is 10.6 Å². The highest BCUT2D eigenvalue weighted by Gasteiger charge is 2.24. The SMILES string of the molecule is CCN(CC)S(=O)(=O)c1cc(NC(=S)Nc2ccc(F)c(Cl)c2)ccc1Cl. The monoisotopic (exact) mass is 449 g/mol. The van der Waals surface area contributed by atoms with Gasteiger partial charge in [-0.05, 0) is 48.6 Å². The van der Waals surface area contributed by atoms with Crippen molar-refractivity contribution < 1.29 is 12.8 Å². The Morgan fingerprint density at radius 2 is 1.59 bits per heavy atom. The van der Waals surface area contributed by atoms with E-state index < -0.39 is 15.8 Å². The van der Waals surface area contributed by atoms with E-state index in [4.69, 9.17) is 35.4 Å². The zero-order chi connectivity index (χ0) is 20.2. The molecule has 0 unspecified atom stereocenters. The maximum atomic E-state index is 13.2. The van der Waals surface area contributed by atoms with E-state index in [0.29, 0.717) is 24.5 Å². The van der Waals surface area contributed by atoms with Gasteiger partial charge in [0, 0.05) is 24.5 Å². The van der Waals surface area contributed by atoms with Crippen molar-refractivity contribution in [2.45, 2.75) is 18.7 Å². The second-order valence-electron chi connectivity index (χ2n) is 5.44. The Kier molecular flexibility index (Phi) is 7.41. The fourth-order valence-electron chi connectivity index (χ4n) is 2.35. The third-order valence-electron chi connectivity index (χ3n) is 3.69. The van der Waals surface area contributed by atoms with E-state index in [0.717, 1.165) is 0 Å². The Balaban J connectivity index is 2.22. The molecule has 0 aliphatic heterocycles. The lowest BCUT2D eigenvalue weighted by molar-refractivity contribution is 0.445. The van der Waals surface area contributed by atoms with Crippen LogP contribution in [0.3, 0.4) is 0 Å². The standard InChI is InChI=1S/C17H18Cl2FN3O2S2/c1-3-23(4-2)27(24,25)16-10-12(5-7-13(16)18)22-17(26)21-11-6-8-15(20)14(19)9-11/h5-10H,3-4H2,1-2H3,(H2,21,22,26). The second kappa shape index (κ2) is 9.16. The van der Waals surface area contributed by atoms with E-state index in [2.05, 4.69) is 10.6 Å². The minimum atomic E-state index is -3.72. The number of nitrogens with zero attached hydrogens (tertiary/aromatic N) is 1. The summed E-state index contributed by atoms with van der Waals surface area (Å²) < 4.78 is 40.0. The van der Waals surface area contributed by atoms with Crippen LogP contribution >= 0.6 is 35.4 Å². The molecule has 2 rings (SSSR count). The molecule has 0 saturated heterocycles. The first-order chi connectivity index (χ1) is 12.7. The van der Waals surface area contributed by atoms with Crippen molar-refractivity contribution in [1.82, 2.24) is 4.31 Å². The highest BCUT2D eigenvalue weighted by Crippen LogP contribution is 2.28. The predicted octanol–water partition coefficient (Wildman–Crippen LogP) is 4.97. The molecule has 10 heteroatoms. The molecule has 146 valence electrons. The zero-order valence-corrected chi connectivity index (χ0v) is 17.7. The van der Waals surface area contributed by atoms with Crippen molar-refractivity contribution >= 4 is 61.9 Å². The number of nitrogens with one attached hydrogen (secondary N) is 2. The fourth-order valence-corrected chi connectivity index (χ4v) is 4.72. The van der Waals surface area contributed by atoms with Gasteiger partial charge in [0.2, 0.25) is 10.0 Å². The molecule has 2 N–H and O–H groups in total. The van der Waals surface area contributed by atoms with Crippen LogP contribution in [0.25, 0.3) is 0 Å². The van der Waals surface area contributed by atoms with Crippen molar-refractivity contribution in [1.29, 1.82) is 0 Å². The van der Waals surface area contributed by atoms with Crippen LogP contribution in [0.15, 0.2) is 41.3 Å². The minimum Gasteiger partial charge on any atom is -0.332 e. The van der Waals surface area contributed by atoms with E-state index in [1.54, 1.807) is 19.9 Å². The Hall–Kier alpha value is -1.45. The first-order valence-electron chi connectivity index (χ1n) is 8.01. The molecular weight excluding hydrogens is 432 g/mol. The maximum Gasteiger partial charge on any atom is 0.244 e. The van der Waals surface area contributed by atoms with Crippen LogP contribution < -0.4 is 10.6 Å². The summed E-state index contributed by atoms with van der Waals surface area (Å²) in [6, 6.07) is 8.59. The summed E-state index contributed by atoms with van der Waals surface area (Å²) in [5.74, 6) is -0.537. The molecule has 0 aliphatic rings. The second-order valence-corrected chi connectivity index (χ2v) is 8.57. The highest BCUT2D eigenvalue weighted by atomic mass is 35.5. The number of rotatable bonds is 6. The van der Waals surface area contributed by atoms with E-state index >= 15 is 0 Å². The van der Waals surface area contributed by atoms with E-state index in [9.17, 15) is 12.8 Å². The molecule has 0 fully saturated rings. The summed E-state index contributed by atoms with van der Waals surface area (Å²) in [6.07, 6.45) is 0. The van der Waals surface area contributed by atoms with Gasteiger partial charge in [-0.15, -0.1) is 0 Å². The lowest BCUT2D eigenvalue weighted by Gasteiger charge is -2.20. The lowest BCUT2D eigenvalue weighted by atomic mass is 10.3. The van der Waals surface area contributed by atoms with Gasteiger partial charge in [-0.1, -0.05) is 37.0 Å². The molecule has 5 nitrogen and oxygen atoms in total. The third kappa shape index (κ3) is 5.30. The molecule has 0 bridgehead atoms. The van der Waals surface area contributed by atoms with Gasteiger partial charge in [0.15, 0.2) is 5.11 Å². The maximum absolute atomic E-state index is 13.2. The van der Waals surface area contributed by atoms with Crippen LogP contribution in [0.5, 0.6) is 0 Å². The number of hydrogen-bond donors (Lipinski definition) is 2. The molecule has 2 aromatic carbocycles. The largest absolute Gasteiger partial charge is 0.332 e. The zero-order valence-electron chi connectivity index (χ0n) is 14.6. The molecule has 27 heavy (non-hydrogen) atoms. The molecule has 0 spiro atoms. The molecule has 0 aromatic heterocycles. The van der Waals surface area contributed by atoms with Gasteiger partial charge >= 0.3 is 0 Å². The van der Waals surface area contributed by atoms with Crippen LogP contribution in [0.1, 0.15) is 13.8 Å². The summed E-state index contributed by atoms with van der Waals surface area (Å²) in [4.78, 5) is -0.00880. The van der Waals surface area contributed by atoms with Crippen LogP contribution in [0.2, 0.25) is 10.0 Å². The van der Waals surface area contributed by atoms with Crippen LogP contribution in [0, 0.1) is 5.82 Å². The summed E-state index contributed by atoms with van der Waals surface area (Å²) in [5, 5.41) is 6.00. The lowest BCUT2D eigenvalue weighted by Crippen LogP contribution is -2.31. The molecule has 0 amide bonds. The Bertz CT molecular complexity index is 951. The van der Waals surface area contributed by atoms with Gasteiger partial charge in [0.05, 0.1) is 10.0 Å². The number of hydrogen-bond acceptors (Lipinski definition) is 3. The number of sulfonamides is 1. The fraction of sp³-hybridized carbons (Fsp3) is 0.235. The van der Waals surface area contributed by atoms with Crippen LogP contribution in [0.4, 0.5) is 15.8 Å². The molecule has 0 saturated carbocycles. The van der Waals surface area contributed by atoms with Gasteiger partial charge in [-0.25, -0.2) is 12.8 Å². The first kappa shape index (κ1) is 21.8. The van der Waals surface area contributed by atoms with Gasteiger partial charge in [0.25, 0.3) is 0 Å². The van der Waals surface area contributed by atoms with Crippen molar-refractivity contribution in [3.63, 3.8) is 0 Å². The number of thiocarbonyl (C=S) groups is 1. The molecule has 2 aromatic rings. The summed E-state index contributed by atoms with van der Waals surface area (Å²) in [6.45, 7) is 4.17. The summed E-state index contributed by atoms with van der Waals surface area (Å²) in [5.41, 5.74) is 0.930. The van der Waals surface area contributed by atoms with Crippen LogP contribution in [-0.2, 0) is 10.0 Å². The first-order valence-corrected chi connectivity index (χ1v) is 10.6. The number of anilines is 2. The van der Waals surface area contributed by atoms with Crippen LogP contribution in [-0.4, -0.2) is 30.9 Å². The molecule has 0 heterocycles.